The number of rotatable bonds is 4. The minimum Gasteiger partial charge on any atom is -0.351 e. The summed E-state index contributed by atoms with van der Waals surface area (Å²) in [6.45, 7) is 8.16. The Morgan fingerprint density at radius 2 is 1.94 bits per heavy atom. The number of nitrogens with one attached hydrogen (secondary N) is 1. The molecule has 31 heavy (non-hydrogen) atoms. The Hall–Kier alpha value is -2.34. The van der Waals surface area contributed by atoms with Crippen LogP contribution in [0, 0.1) is 6.92 Å². The van der Waals surface area contributed by atoms with Crippen LogP contribution in [0.4, 0.5) is 5.69 Å². The fraction of sp³-hybridized carbons (Fsp3) is 0.542. The number of carbonyl (C=O) groups is 2. The number of aryl methyl sites for hydroxylation is 1. The van der Waals surface area contributed by atoms with E-state index < -0.39 is 5.54 Å². The van der Waals surface area contributed by atoms with Gasteiger partial charge in [0.05, 0.1) is 12.2 Å². The first kappa shape index (κ1) is 21.9. The molecule has 7 heteroatoms. The number of hydrogen-bond donors (Lipinski definition) is 1. The number of fused-ring (bicyclic) bond motifs is 1. The van der Waals surface area contributed by atoms with Crippen LogP contribution < -0.4 is 10.2 Å². The molecule has 2 amide bonds. The maximum Gasteiger partial charge on any atom is 0.277 e. The summed E-state index contributed by atoms with van der Waals surface area (Å²) >= 11 is 6.30. The van der Waals surface area contributed by atoms with Crippen LogP contribution in [0.2, 0.25) is 5.02 Å². The molecule has 0 spiro atoms. The molecular weight excluding hydrogens is 412 g/mol. The zero-order valence-electron chi connectivity index (χ0n) is 18.7. The number of nitrogens with zero attached hydrogens (tertiary/aromatic N) is 3. The Morgan fingerprint density at radius 3 is 2.61 bits per heavy atom. The predicted molar refractivity (Wildman–Crippen MR) is 123 cm³/mol. The van der Waals surface area contributed by atoms with Crippen molar-refractivity contribution in [1.82, 2.24) is 15.1 Å². The van der Waals surface area contributed by atoms with Gasteiger partial charge in [-0.1, -0.05) is 50.8 Å². The Labute approximate surface area is 188 Å². The van der Waals surface area contributed by atoms with Crippen molar-refractivity contribution in [2.45, 2.75) is 83.8 Å². The molecule has 1 fully saturated rings. The van der Waals surface area contributed by atoms with Gasteiger partial charge in [0, 0.05) is 16.8 Å². The maximum absolute atomic E-state index is 13.8. The van der Waals surface area contributed by atoms with Gasteiger partial charge in [-0.25, -0.2) is 0 Å². The quantitative estimate of drug-likeness (QED) is 0.736. The minimum absolute atomic E-state index is 0.139. The molecule has 0 saturated heterocycles. The average Bonchev–Trinajstić information content (AvgIpc) is 3.15. The van der Waals surface area contributed by atoms with Crippen molar-refractivity contribution >= 4 is 29.1 Å². The molecule has 1 aromatic carbocycles. The van der Waals surface area contributed by atoms with Crippen LogP contribution in [0.15, 0.2) is 24.3 Å². The van der Waals surface area contributed by atoms with Crippen molar-refractivity contribution in [2.24, 2.45) is 0 Å². The van der Waals surface area contributed by atoms with Crippen molar-refractivity contribution in [2.75, 3.05) is 4.90 Å². The van der Waals surface area contributed by atoms with Gasteiger partial charge in [-0.3, -0.25) is 19.2 Å². The van der Waals surface area contributed by atoms with Crippen molar-refractivity contribution in [3.63, 3.8) is 0 Å². The minimum atomic E-state index is -1.11. The second kappa shape index (κ2) is 8.30. The maximum atomic E-state index is 13.8. The molecular formula is C24H31ClN4O2. The summed E-state index contributed by atoms with van der Waals surface area (Å²) in [5.41, 5.74) is 1.80. The molecule has 0 bridgehead atoms. The van der Waals surface area contributed by atoms with Gasteiger partial charge >= 0.3 is 0 Å². The van der Waals surface area contributed by atoms with Crippen molar-refractivity contribution in [3.8, 4) is 0 Å². The normalized spacial score (nSPS) is 22.0. The molecule has 2 aliphatic rings. The fourth-order valence-electron chi connectivity index (χ4n) is 4.67. The van der Waals surface area contributed by atoms with E-state index in [2.05, 4.69) is 10.4 Å². The van der Waals surface area contributed by atoms with E-state index in [0.717, 1.165) is 36.9 Å². The molecule has 1 aliphatic heterocycles. The lowest BCUT2D eigenvalue weighted by Gasteiger charge is -2.44. The highest BCUT2D eigenvalue weighted by atomic mass is 35.5. The van der Waals surface area contributed by atoms with E-state index in [1.54, 1.807) is 21.7 Å². The lowest BCUT2D eigenvalue weighted by atomic mass is 9.90. The van der Waals surface area contributed by atoms with E-state index in [0.29, 0.717) is 22.9 Å². The van der Waals surface area contributed by atoms with E-state index in [-0.39, 0.29) is 23.8 Å². The van der Waals surface area contributed by atoms with Gasteiger partial charge in [0.15, 0.2) is 0 Å². The highest BCUT2D eigenvalue weighted by Gasteiger charge is 2.49. The van der Waals surface area contributed by atoms with Gasteiger partial charge in [-0.05, 0) is 56.4 Å². The zero-order chi connectivity index (χ0) is 22.3. The molecule has 4 rings (SSSR count). The summed E-state index contributed by atoms with van der Waals surface area (Å²) in [5, 5.41) is 8.43. The lowest BCUT2D eigenvalue weighted by molar-refractivity contribution is -0.127. The molecule has 1 saturated carbocycles. The molecule has 2 aromatic rings. The summed E-state index contributed by atoms with van der Waals surface area (Å²) < 4.78 is 1.70. The van der Waals surface area contributed by atoms with E-state index in [4.69, 9.17) is 11.6 Å². The van der Waals surface area contributed by atoms with Gasteiger partial charge in [-0.15, -0.1) is 0 Å². The third-order valence-electron chi connectivity index (χ3n) is 6.61. The third-order valence-corrected chi connectivity index (χ3v) is 6.84. The second-order valence-electron chi connectivity index (χ2n) is 9.42. The van der Waals surface area contributed by atoms with E-state index in [9.17, 15) is 9.59 Å². The fourth-order valence-corrected chi connectivity index (χ4v) is 4.84. The van der Waals surface area contributed by atoms with Gasteiger partial charge in [0.25, 0.3) is 5.91 Å². The van der Waals surface area contributed by atoms with E-state index in [1.165, 1.54) is 6.42 Å². The molecule has 166 valence electrons. The Kier molecular flexibility index (Phi) is 5.86. The SMILES string of the molecule is Cc1ccc(Cl)cc1N1C(=O)c2cc(C(C)C)nn2C[C@@]1(C)C(=O)NC1CCCCC1. The molecule has 1 aromatic heterocycles. The average molecular weight is 443 g/mol. The van der Waals surface area contributed by atoms with Gasteiger partial charge in [-0.2, -0.15) is 5.10 Å². The molecule has 6 nitrogen and oxygen atoms in total. The lowest BCUT2D eigenvalue weighted by Crippen LogP contribution is -2.65. The molecule has 1 atom stereocenters. The monoisotopic (exact) mass is 442 g/mol. The first-order chi connectivity index (χ1) is 14.7. The Balaban J connectivity index is 1.79. The second-order valence-corrected chi connectivity index (χ2v) is 9.86. The van der Waals surface area contributed by atoms with Crippen molar-refractivity contribution in [3.05, 3.63) is 46.2 Å². The summed E-state index contributed by atoms with van der Waals surface area (Å²) in [6, 6.07) is 7.46. The van der Waals surface area contributed by atoms with Gasteiger partial charge in [0.1, 0.15) is 11.2 Å². The topological polar surface area (TPSA) is 67.2 Å². The van der Waals surface area contributed by atoms with Crippen LogP contribution in [0.25, 0.3) is 0 Å². The van der Waals surface area contributed by atoms with Crippen LogP contribution in [0.3, 0.4) is 0 Å². The predicted octanol–water partition coefficient (Wildman–Crippen LogP) is 4.84. The van der Waals surface area contributed by atoms with E-state index >= 15 is 0 Å². The van der Waals surface area contributed by atoms with Crippen molar-refractivity contribution < 1.29 is 9.59 Å². The summed E-state index contributed by atoms with van der Waals surface area (Å²) in [4.78, 5) is 29.1. The number of hydrogen-bond acceptors (Lipinski definition) is 3. The van der Waals surface area contributed by atoms with Crippen LogP contribution in [-0.2, 0) is 11.3 Å². The highest BCUT2D eigenvalue weighted by molar-refractivity contribution is 6.31. The number of anilines is 1. The van der Waals surface area contributed by atoms with Gasteiger partial charge < -0.3 is 5.32 Å². The number of benzene rings is 1. The largest absolute Gasteiger partial charge is 0.351 e. The van der Waals surface area contributed by atoms with E-state index in [1.807, 2.05) is 39.8 Å². The smallest absolute Gasteiger partial charge is 0.277 e. The number of halogens is 1. The van der Waals surface area contributed by atoms with Crippen LogP contribution in [0.5, 0.6) is 0 Å². The highest BCUT2D eigenvalue weighted by Crippen LogP contribution is 2.36. The molecule has 0 unspecified atom stereocenters. The molecule has 2 heterocycles. The zero-order valence-corrected chi connectivity index (χ0v) is 19.5. The van der Waals surface area contributed by atoms with Crippen LogP contribution in [-0.4, -0.2) is 33.2 Å². The molecule has 1 N–H and O–H groups in total. The number of aromatic nitrogens is 2. The number of carbonyl (C=O) groups excluding carboxylic acids is 2. The number of amides is 2. The molecule has 0 radical (unpaired) electrons. The standard InChI is InChI=1S/C24H31ClN4O2/c1-15(2)19-13-21-22(30)29(20-12-17(25)11-10-16(20)3)24(4,14-28(21)27-19)23(31)26-18-8-6-5-7-9-18/h10-13,15,18H,5-9,14H2,1-4H3,(H,26,31)/t24-/m0/s1. The third kappa shape index (κ3) is 3.98. The Bertz CT molecular complexity index is 1010. The van der Waals surface area contributed by atoms with Gasteiger partial charge in [0.2, 0.25) is 5.91 Å². The van der Waals surface area contributed by atoms with Crippen molar-refractivity contribution in [1.29, 1.82) is 0 Å². The summed E-state index contributed by atoms with van der Waals surface area (Å²) in [6.07, 6.45) is 5.43. The Morgan fingerprint density at radius 1 is 1.23 bits per heavy atom. The first-order valence-corrected chi connectivity index (χ1v) is 11.6. The first-order valence-electron chi connectivity index (χ1n) is 11.2. The molecule has 1 aliphatic carbocycles. The summed E-state index contributed by atoms with van der Waals surface area (Å²) in [7, 11) is 0. The van der Waals surface area contributed by atoms with Crippen LogP contribution >= 0.6 is 11.6 Å². The summed E-state index contributed by atoms with van der Waals surface area (Å²) in [5.74, 6) is -0.175. The van der Waals surface area contributed by atoms with Crippen LogP contribution in [0.1, 0.15) is 80.5 Å².